The van der Waals surface area contributed by atoms with Gasteiger partial charge in [0, 0.05) is 130 Å². The number of benzene rings is 6. The Morgan fingerprint density at radius 3 is 1.44 bits per heavy atom. The number of piperidine rings is 1. The van der Waals surface area contributed by atoms with Crippen molar-refractivity contribution in [1.82, 2.24) is 78.1 Å². The van der Waals surface area contributed by atoms with Crippen molar-refractivity contribution in [3.63, 3.8) is 0 Å². The molecule has 6 aromatic heterocycles. The van der Waals surface area contributed by atoms with Gasteiger partial charge >= 0.3 is 0 Å². The van der Waals surface area contributed by atoms with Crippen molar-refractivity contribution >= 4 is 17.1 Å². The molecule has 0 radical (unpaired) electrons. The van der Waals surface area contributed by atoms with Crippen molar-refractivity contribution in [2.45, 2.75) is 52.4 Å². The van der Waals surface area contributed by atoms with E-state index in [1.165, 1.54) is 58.7 Å². The standard InChI is InChI=1S/C28H29N7.C27H29FN6.C26H26N8/c1-19-13-33(17-24(19)14-32(2)3)25-8-9-26-23(10-25)16-34-15-22(21-6-4-20(12-29)5-7-21)11-27(34)28-31-30-18-35(26)28;1-18-12-32(16-22(18)13-31(2)3)24-8-9-25-21(10-24)15-33-14-20(19-4-6-23(28)7-5-19)11-26(33)27-29-17-30-34(25)27;1-31(2)22-9-11-32(12-10-22)23-7-8-24-21(13-23)17-33-16-20(19-5-3-18(15-27)4-6-19)14-25(33)26-28-29-30-34(24)26/h4-11,15,18-19,24H,13-14,16-17H2,1-3H3;4-11,14,17-18,22H,12-13,15-16H2,1-3H3;3-8,13-14,16,22H,9-12,17H2,1-2H3/t19-,24+;18-,22-;/m11./s1. The Kier molecular flexibility index (Phi) is 17.7. The van der Waals surface area contributed by atoms with Crippen LogP contribution >= 0.6 is 0 Å². The second kappa shape index (κ2) is 27.6. The fraction of sp³-hybridized carbons (Fsp3) is 0.321. The van der Waals surface area contributed by atoms with E-state index in [0.717, 1.165) is 157 Å². The zero-order chi connectivity index (χ0) is 70.7. The van der Waals surface area contributed by atoms with Crippen LogP contribution in [-0.2, 0) is 19.6 Å². The predicted molar refractivity (Wildman–Crippen MR) is 401 cm³/mol. The van der Waals surface area contributed by atoms with Gasteiger partial charge in [0.05, 0.1) is 57.4 Å². The summed E-state index contributed by atoms with van der Waals surface area (Å²) in [6.45, 7) is 15.7. The number of fused-ring (bicyclic) bond motifs is 15. The summed E-state index contributed by atoms with van der Waals surface area (Å²) < 4.78 is 26.1. The van der Waals surface area contributed by atoms with Gasteiger partial charge in [-0.3, -0.25) is 4.57 Å². The van der Waals surface area contributed by atoms with E-state index in [2.05, 4.69) is 243 Å². The molecule has 0 bridgehead atoms. The smallest absolute Gasteiger partial charge is 0.203 e. The van der Waals surface area contributed by atoms with Crippen LogP contribution in [0.25, 0.3) is 85.0 Å². The van der Waals surface area contributed by atoms with Crippen LogP contribution in [-0.4, -0.2) is 179 Å². The van der Waals surface area contributed by atoms with Gasteiger partial charge in [-0.1, -0.05) is 50.2 Å². The summed E-state index contributed by atoms with van der Waals surface area (Å²) in [5, 5.41) is 44.2. The Balaban J connectivity index is 0.000000119. The van der Waals surface area contributed by atoms with Crippen molar-refractivity contribution < 1.29 is 4.39 Å². The monoisotopic (exact) mass is 1370 g/mol. The number of hydrogen-bond acceptors (Lipinski definition) is 15. The number of tetrazole rings is 1. The average Bonchev–Trinajstić information content (AvgIpc) is 1.62. The maximum Gasteiger partial charge on any atom is 0.203 e. The normalized spacial score (nSPS) is 17.7. The molecule has 22 heteroatoms. The number of nitriles is 2. The van der Waals surface area contributed by atoms with E-state index in [0.29, 0.717) is 40.8 Å². The summed E-state index contributed by atoms with van der Waals surface area (Å²) in [6, 6.07) is 53.7. The molecule has 0 saturated carbocycles. The number of anilines is 3. The minimum atomic E-state index is -0.227. The molecule has 6 aliphatic heterocycles. The second-order valence-electron chi connectivity index (χ2n) is 29.5. The third kappa shape index (κ3) is 13.1. The minimum absolute atomic E-state index is 0.227. The van der Waals surface area contributed by atoms with Crippen LogP contribution in [0.5, 0.6) is 0 Å². The van der Waals surface area contributed by atoms with E-state index in [-0.39, 0.29) is 5.82 Å². The highest BCUT2D eigenvalue weighted by Gasteiger charge is 2.34. The molecule has 12 aromatic rings. The van der Waals surface area contributed by atoms with E-state index < -0.39 is 0 Å². The molecule has 12 heterocycles. The lowest BCUT2D eigenvalue weighted by Gasteiger charge is -2.36. The molecule has 6 aromatic carbocycles. The molecule has 21 nitrogen and oxygen atoms in total. The summed E-state index contributed by atoms with van der Waals surface area (Å²) in [5.74, 6) is 4.86. The summed E-state index contributed by atoms with van der Waals surface area (Å²) in [4.78, 5) is 19.1. The molecule has 0 amide bonds. The van der Waals surface area contributed by atoms with Gasteiger partial charge in [-0.2, -0.15) is 20.3 Å². The maximum atomic E-state index is 13.4. The zero-order valence-electron chi connectivity index (χ0n) is 59.6. The van der Waals surface area contributed by atoms with Crippen molar-refractivity contribution in [1.29, 1.82) is 10.5 Å². The molecule has 0 spiro atoms. The Hall–Kier alpha value is -11.3. The third-order valence-corrected chi connectivity index (χ3v) is 21.8. The Morgan fingerprint density at radius 2 is 0.942 bits per heavy atom. The van der Waals surface area contributed by atoms with Gasteiger partial charge in [-0.05, 0) is 232 Å². The largest absolute Gasteiger partial charge is 0.371 e. The molecule has 3 fully saturated rings. The van der Waals surface area contributed by atoms with Crippen molar-refractivity contribution in [2.75, 3.05) is 109 Å². The first-order valence-electron chi connectivity index (χ1n) is 35.6. The van der Waals surface area contributed by atoms with Gasteiger partial charge < -0.3 is 43.1 Å². The van der Waals surface area contributed by atoms with Gasteiger partial charge in [0.15, 0.2) is 11.6 Å². The topological polar surface area (TPSA) is 187 Å². The van der Waals surface area contributed by atoms with Gasteiger partial charge in [0.25, 0.3) is 0 Å². The van der Waals surface area contributed by atoms with Crippen LogP contribution in [0, 0.1) is 52.2 Å². The first-order chi connectivity index (χ1) is 50.1. The highest BCUT2D eigenvalue weighted by Crippen LogP contribution is 2.41. The molecule has 4 atom stereocenters. The van der Waals surface area contributed by atoms with E-state index in [9.17, 15) is 4.39 Å². The van der Waals surface area contributed by atoms with E-state index in [1.54, 1.807) is 6.33 Å². The Morgan fingerprint density at radius 1 is 0.485 bits per heavy atom. The quantitative estimate of drug-likeness (QED) is 0.119. The van der Waals surface area contributed by atoms with Gasteiger partial charge in [-0.25, -0.2) is 14.1 Å². The number of aromatic nitrogens is 13. The summed E-state index contributed by atoms with van der Waals surface area (Å²) in [7, 11) is 13.0. The highest BCUT2D eigenvalue weighted by molar-refractivity contribution is 5.76. The summed E-state index contributed by atoms with van der Waals surface area (Å²) >= 11 is 0. The fourth-order valence-electron chi connectivity index (χ4n) is 16.2. The third-order valence-electron chi connectivity index (χ3n) is 21.8. The lowest BCUT2D eigenvalue weighted by molar-refractivity contribution is 0.249. The van der Waals surface area contributed by atoms with Crippen molar-refractivity contribution in [2.24, 2.45) is 23.7 Å². The van der Waals surface area contributed by atoms with Crippen LogP contribution in [0.4, 0.5) is 21.5 Å². The minimum Gasteiger partial charge on any atom is -0.371 e. The van der Waals surface area contributed by atoms with Crippen LogP contribution in [0.3, 0.4) is 0 Å². The molecule has 103 heavy (non-hydrogen) atoms. The first-order valence-corrected chi connectivity index (χ1v) is 35.6. The molecule has 6 aliphatic rings. The van der Waals surface area contributed by atoms with Crippen LogP contribution < -0.4 is 14.7 Å². The average molecular weight is 1370 g/mol. The highest BCUT2D eigenvalue weighted by atomic mass is 19.1. The molecule has 0 unspecified atom stereocenters. The summed E-state index contributed by atoms with van der Waals surface area (Å²) in [6.07, 6.45) is 12.2. The van der Waals surface area contributed by atoms with Crippen molar-refractivity contribution in [3.05, 3.63) is 210 Å². The molecule has 18 rings (SSSR count). The van der Waals surface area contributed by atoms with Gasteiger partial charge in [-0.15, -0.1) is 15.3 Å². The Bertz CT molecular complexity index is 5160. The molecule has 520 valence electrons. The number of nitrogens with zero attached hydrogens (tertiary/aromatic N) is 21. The predicted octanol–water partition coefficient (Wildman–Crippen LogP) is 12.4. The zero-order valence-corrected chi connectivity index (χ0v) is 59.6. The van der Waals surface area contributed by atoms with Gasteiger partial charge in [0.1, 0.15) is 18.5 Å². The SMILES string of the molecule is CN(C)C1CCN(c2ccc3c(c2)Cn2cc(-c4ccc(C#N)cc4)cc2-c2nnnn2-3)CC1.C[C@@H]1CN(c2ccc3c(c2)Cn2cc(-c4ccc(C#N)cc4)cc2-c2nncn2-3)C[C@@H]1CN(C)C.C[C@@H]1CN(c2ccc3c(c2)Cn2cc(-c4ccc(F)cc4)cc2-c2ncnn2-3)C[C@H]1CN(C)C. The Labute approximate surface area is 600 Å². The van der Waals surface area contributed by atoms with E-state index >= 15 is 0 Å². The molecular formula is C81H84FN21. The number of rotatable bonds is 11. The molecular weight excluding hydrogens is 1290 g/mol. The van der Waals surface area contributed by atoms with Crippen molar-refractivity contribution in [3.8, 4) is 97.1 Å². The molecule has 3 saturated heterocycles. The second-order valence-corrected chi connectivity index (χ2v) is 29.5. The van der Waals surface area contributed by atoms with Crippen LogP contribution in [0.1, 0.15) is 54.5 Å². The number of hydrogen-bond donors (Lipinski definition) is 0. The maximum absolute atomic E-state index is 13.4. The fourth-order valence-corrected chi connectivity index (χ4v) is 16.2. The van der Waals surface area contributed by atoms with E-state index in [4.69, 9.17) is 10.5 Å². The number of halogens is 1. The molecule has 0 aliphatic carbocycles. The lowest BCUT2D eigenvalue weighted by atomic mass is 9.98. The van der Waals surface area contributed by atoms with Crippen LogP contribution in [0.15, 0.2) is 177 Å². The summed E-state index contributed by atoms with van der Waals surface area (Å²) in [5.41, 5.74) is 21.4. The van der Waals surface area contributed by atoms with E-state index in [1.807, 2.05) is 76.4 Å². The first kappa shape index (κ1) is 66.3. The van der Waals surface area contributed by atoms with Crippen LogP contribution in [0.2, 0.25) is 0 Å². The lowest BCUT2D eigenvalue weighted by Crippen LogP contribution is -2.42. The molecule has 0 N–H and O–H groups in total. The van der Waals surface area contributed by atoms with Gasteiger partial charge in [0.2, 0.25) is 5.82 Å².